The summed E-state index contributed by atoms with van der Waals surface area (Å²) in [5, 5.41) is 9.60. The third kappa shape index (κ3) is 4.68. The molecule has 0 aliphatic carbocycles. The topological polar surface area (TPSA) is 29.5 Å². The maximum atomic E-state index is 8.71. The van der Waals surface area contributed by atoms with Crippen molar-refractivity contribution in [3.63, 3.8) is 0 Å². The molecule has 2 nitrogen and oxygen atoms in total. The van der Waals surface area contributed by atoms with Crippen molar-refractivity contribution in [3.8, 4) is 17.6 Å². The van der Waals surface area contributed by atoms with Crippen molar-refractivity contribution in [2.24, 2.45) is 0 Å². The second-order valence-electron chi connectivity index (χ2n) is 4.32. The Kier molecular flexibility index (Phi) is 5.95. The van der Waals surface area contributed by atoms with Gasteiger partial charge in [0.25, 0.3) is 0 Å². The SMILES string of the molecule is OCCC#Cc1cccc(COc2cccc(Cl)c2Cl)c1. The second-order valence-corrected chi connectivity index (χ2v) is 5.10. The molecule has 0 saturated heterocycles. The van der Waals surface area contributed by atoms with Gasteiger partial charge in [-0.05, 0) is 29.8 Å². The summed E-state index contributed by atoms with van der Waals surface area (Å²) in [6, 6.07) is 13.0. The Morgan fingerprint density at radius 3 is 2.71 bits per heavy atom. The van der Waals surface area contributed by atoms with E-state index < -0.39 is 0 Å². The predicted molar refractivity (Wildman–Crippen MR) is 85.8 cm³/mol. The Hall–Kier alpha value is -1.66. The fraction of sp³-hybridized carbons (Fsp3) is 0.176. The van der Waals surface area contributed by atoms with Crippen LogP contribution in [0.5, 0.6) is 5.75 Å². The summed E-state index contributed by atoms with van der Waals surface area (Å²) < 4.78 is 5.68. The van der Waals surface area contributed by atoms with Gasteiger partial charge in [-0.3, -0.25) is 0 Å². The normalized spacial score (nSPS) is 9.86. The highest BCUT2D eigenvalue weighted by molar-refractivity contribution is 6.42. The van der Waals surface area contributed by atoms with Crippen molar-refractivity contribution < 1.29 is 9.84 Å². The van der Waals surface area contributed by atoms with Crippen LogP contribution in [0.15, 0.2) is 42.5 Å². The van der Waals surface area contributed by atoms with Crippen LogP contribution in [-0.4, -0.2) is 11.7 Å². The number of hydrogen-bond acceptors (Lipinski definition) is 2. The molecular formula is C17H14Cl2O2. The molecule has 2 aromatic carbocycles. The molecule has 2 aromatic rings. The number of hydrogen-bond donors (Lipinski definition) is 1. The fourth-order valence-corrected chi connectivity index (χ4v) is 2.06. The molecule has 2 rings (SSSR count). The minimum absolute atomic E-state index is 0.0725. The molecule has 0 aromatic heterocycles. The molecule has 0 fully saturated rings. The highest BCUT2D eigenvalue weighted by Gasteiger charge is 2.05. The average Bonchev–Trinajstić information content (AvgIpc) is 2.50. The van der Waals surface area contributed by atoms with Crippen LogP contribution < -0.4 is 4.74 Å². The minimum atomic E-state index is 0.0725. The van der Waals surface area contributed by atoms with Gasteiger partial charge in [-0.15, -0.1) is 0 Å². The first kappa shape index (κ1) is 15.7. The zero-order valence-corrected chi connectivity index (χ0v) is 12.8. The molecule has 0 bridgehead atoms. The number of halogens is 2. The molecule has 0 spiro atoms. The van der Waals surface area contributed by atoms with Gasteiger partial charge in [0.05, 0.1) is 11.6 Å². The van der Waals surface area contributed by atoms with E-state index in [9.17, 15) is 0 Å². The Balaban J connectivity index is 2.05. The molecule has 0 amide bonds. The van der Waals surface area contributed by atoms with Crippen LogP contribution in [-0.2, 0) is 6.61 Å². The summed E-state index contributed by atoms with van der Waals surface area (Å²) in [6.45, 7) is 0.457. The Bertz CT molecular complexity index is 672. The van der Waals surface area contributed by atoms with E-state index in [1.807, 2.05) is 24.3 Å². The summed E-state index contributed by atoms with van der Waals surface area (Å²) in [6.07, 6.45) is 0.471. The van der Waals surface area contributed by atoms with E-state index in [1.165, 1.54) is 0 Å². The zero-order valence-electron chi connectivity index (χ0n) is 11.3. The smallest absolute Gasteiger partial charge is 0.139 e. The van der Waals surface area contributed by atoms with Crippen molar-refractivity contribution >= 4 is 23.2 Å². The van der Waals surface area contributed by atoms with Gasteiger partial charge in [-0.2, -0.15) is 0 Å². The molecule has 0 atom stereocenters. The van der Waals surface area contributed by atoms with Crippen LogP contribution >= 0.6 is 23.2 Å². The van der Waals surface area contributed by atoms with Gasteiger partial charge >= 0.3 is 0 Å². The van der Waals surface area contributed by atoms with Gasteiger partial charge in [0.1, 0.15) is 17.4 Å². The maximum Gasteiger partial charge on any atom is 0.139 e. The van der Waals surface area contributed by atoms with E-state index >= 15 is 0 Å². The van der Waals surface area contributed by atoms with Crippen LogP contribution in [0, 0.1) is 11.8 Å². The number of rotatable bonds is 4. The van der Waals surface area contributed by atoms with Crippen molar-refractivity contribution in [2.45, 2.75) is 13.0 Å². The molecule has 0 aliphatic heterocycles. The average molecular weight is 321 g/mol. The first-order valence-corrected chi connectivity index (χ1v) is 7.22. The molecule has 0 unspecified atom stereocenters. The van der Waals surface area contributed by atoms with Gasteiger partial charge in [0, 0.05) is 12.0 Å². The van der Waals surface area contributed by atoms with Gasteiger partial charge in [0.15, 0.2) is 0 Å². The zero-order chi connectivity index (χ0) is 15.1. The molecule has 0 aliphatic rings. The summed E-state index contributed by atoms with van der Waals surface area (Å²) in [4.78, 5) is 0. The van der Waals surface area contributed by atoms with Gasteiger partial charge in [0.2, 0.25) is 0 Å². The lowest BCUT2D eigenvalue weighted by atomic mass is 10.1. The molecule has 1 N–H and O–H groups in total. The molecule has 21 heavy (non-hydrogen) atoms. The standard InChI is InChI=1S/C17H14Cl2O2/c18-15-8-4-9-16(17(15)19)21-12-14-7-3-6-13(11-14)5-1-2-10-20/h3-4,6-9,11,20H,2,10,12H2. The van der Waals surface area contributed by atoms with Crippen LogP contribution in [0.25, 0.3) is 0 Å². The number of aliphatic hydroxyl groups is 1. The number of ether oxygens (including phenoxy) is 1. The highest BCUT2D eigenvalue weighted by atomic mass is 35.5. The van der Waals surface area contributed by atoms with Gasteiger partial charge in [-0.25, -0.2) is 0 Å². The van der Waals surface area contributed by atoms with Crippen molar-refractivity contribution in [3.05, 3.63) is 63.6 Å². The summed E-state index contributed by atoms with van der Waals surface area (Å²) >= 11 is 12.0. The first-order valence-electron chi connectivity index (χ1n) is 6.46. The van der Waals surface area contributed by atoms with Gasteiger partial charge in [-0.1, -0.05) is 53.2 Å². The van der Waals surface area contributed by atoms with Gasteiger partial charge < -0.3 is 9.84 Å². The lowest BCUT2D eigenvalue weighted by Crippen LogP contribution is -1.96. The Morgan fingerprint density at radius 1 is 1.10 bits per heavy atom. The Morgan fingerprint density at radius 2 is 1.90 bits per heavy atom. The second kappa shape index (κ2) is 7.95. The highest BCUT2D eigenvalue weighted by Crippen LogP contribution is 2.31. The van der Waals surface area contributed by atoms with Crippen LogP contribution in [0.1, 0.15) is 17.5 Å². The predicted octanol–water partition coefficient (Wildman–Crippen LogP) is 4.31. The monoisotopic (exact) mass is 320 g/mol. The summed E-state index contributed by atoms with van der Waals surface area (Å²) in [5.74, 6) is 6.44. The molecule has 0 radical (unpaired) electrons. The van der Waals surface area contributed by atoms with Crippen molar-refractivity contribution in [1.29, 1.82) is 0 Å². The van der Waals surface area contributed by atoms with E-state index in [1.54, 1.807) is 18.2 Å². The summed E-state index contributed by atoms with van der Waals surface area (Å²) in [5.41, 5.74) is 1.88. The third-order valence-electron chi connectivity index (χ3n) is 2.71. The molecule has 4 heteroatoms. The van der Waals surface area contributed by atoms with Crippen molar-refractivity contribution in [1.82, 2.24) is 0 Å². The number of benzene rings is 2. The van der Waals surface area contributed by atoms with Crippen LogP contribution in [0.3, 0.4) is 0 Å². The van der Waals surface area contributed by atoms with E-state index in [2.05, 4.69) is 11.8 Å². The molecule has 108 valence electrons. The third-order valence-corrected chi connectivity index (χ3v) is 3.51. The number of aliphatic hydroxyl groups excluding tert-OH is 1. The lowest BCUT2D eigenvalue weighted by Gasteiger charge is -2.09. The van der Waals surface area contributed by atoms with E-state index in [-0.39, 0.29) is 6.61 Å². The van der Waals surface area contributed by atoms with Crippen LogP contribution in [0.4, 0.5) is 0 Å². The summed E-state index contributed by atoms with van der Waals surface area (Å²) in [7, 11) is 0. The van der Waals surface area contributed by atoms with E-state index in [4.69, 9.17) is 33.0 Å². The largest absolute Gasteiger partial charge is 0.487 e. The first-order chi connectivity index (χ1) is 10.2. The molecule has 0 heterocycles. The minimum Gasteiger partial charge on any atom is -0.487 e. The quantitative estimate of drug-likeness (QED) is 0.851. The lowest BCUT2D eigenvalue weighted by molar-refractivity contribution is 0.305. The Labute approximate surface area is 134 Å². The fourth-order valence-electron chi connectivity index (χ4n) is 1.72. The maximum absolute atomic E-state index is 8.71. The van der Waals surface area contributed by atoms with E-state index in [0.29, 0.717) is 28.8 Å². The molecular weight excluding hydrogens is 307 g/mol. The molecule has 0 saturated carbocycles. The van der Waals surface area contributed by atoms with Crippen LogP contribution in [0.2, 0.25) is 10.0 Å². The van der Waals surface area contributed by atoms with E-state index in [0.717, 1.165) is 11.1 Å². The van der Waals surface area contributed by atoms with Crippen molar-refractivity contribution in [2.75, 3.05) is 6.61 Å².